The number of carbonyl (C=O) groups is 1. The maximum Gasteiger partial charge on any atom is 0.242 e. The van der Waals surface area contributed by atoms with Crippen LogP contribution < -0.4 is 5.32 Å². The van der Waals surface area contributed by atoms with E-state index in [1.165, 1.54) is 31.8 Å². The Kier molecular flexibility index (Phi) is 6.36. The number of hydrogen-bond donors (Lipinski definition) is 2. The molecule has 0 aliphatic carbocycles. The lowest BCUT2D eigenvalue weighted by atomic mass is 9.99. The molecule has 7 nitrogen and oxygen atoms in total. The van der Waals surface area contributed by atoms with Crippen LogP contribution >= 0.6 is 0 Å². The van der Waals surface area contributed by atoms with E-state index in [4.69, 9.17) is 0 Å². The highest BCUT2D eigenvalue weighted by atomic mass is 32.2. The van der Waals surface area contributed by atoms with E-state index in [0.29, 0.717) is 12.2 Å². The lowest BCUT2D eigenvalue weighted by Crippen LogP contribution is -2.36. The summed E-state index contributed by atoms with van der Waals surface area (Å²) >= 11 is 0. The van der Waals surface area contributed by atoms with Crippen molar-refractivity contribution in [2.75, 3.05) is 39.0 Å². The van der Waals surface area contributed by atoms with Gasteiger partial charge >= 0.3 is 0 Å². The summed E-state index contributed by atoms with van der Waals surface area (Å²) in [6, 6.07) is 13.4. The van der Waals surface area contributed by atoms with Crippen molar-refractivity contribution >= 4 is 27.2 Å². The molecule has 0 saturated carbocycles. The molecule has 0 unspecified atom stereocenters. The topological polar surface area (TPSA) is 90.0 Å². The van der Waals surface area contributed by atoms with E-state index in [9.17, 15) is 18.3 Å². The van der Waals surface area contributed by atoms with Crippen LogP contribution in [0.4, 0.5) is 5.69 Å². The average molecular weight is 416 g/mol. The first kappa shape index (κ1) is 21.0. The molecule has 0 aromatic heterocycles. The van der Waals surface area contributed by atoms with Gasteiger partial charge in [-0.05, 0) is 47.9 Å². The van der Waals surface area contributed by atoms with Crippen LogP contribution in [0.25, 0.3) is 5.57 Å². The minimum absolute atomic E-state index is 0.139. The van der Waals surface area contributed by atoms with Gasteiger partial charge in [0.1, 0.15) is 5.75 Å². The average Bonchev–Trinajstić information content (AvgIpc) is 2.69. The Morgan fingerprint density at radius 1 is 1.17 bits per heavy atom. The SMILES string of the molecule is CN(C)S(=O)(=O)c1cccc(NC(=O)CN2CC=C(c3ccc(O)cc3)CC2)c1. The van der Waals surface area contributed by atoms with Crippen molar-refractivity contribution in [1.82, 2.24) is 9.21 Å². The smallest absolute Gasteiger partial charge is 0.242 e. The molecule has 2 aromatic rings. The van der Waals surface area contributed by atoms with Gasteiger partial charge < -0.3 is 10.4 Å². The largest absolute Gasteiger partial charge is 0.508 e. The monoisotopic (exact) mass is 415 g/mol. The summed E-state index contributed by atoms with van der Waals surface area (Å²) in [5, 5.41) is 12.2. The van der Waals surface area contributed by atoms with Gasteiger partial charge in [-0.2, -0.15) is 0 Å². The van der Waals surface area contributed by atoms with Crippen LogP contribution in [0.2, 0.25) is 0 Å². The zero-order chi connectivity index (χ0) is 21.0. The predicted octanol–water partition coefficient (Wildman–Crippen LogP) is 2.37. The maximum atomic E-state index is 12.4. The maximum absolute atomic E-state index is 12.4. The molecule has 8 heteroatoms. The van der Waals surface area contributed by atoms with Crippen molar-refractivity contribution in [1.29, 1.82) is 0 Å². The Labute approximate surface area is 171 Å². The second-order valence-corrected chi connectivity index (χ2v) is 9.28. The van der Waals surface area contributed by atoms with Crippen molar-refractivity contribution in [3.8, 4) is 5.75 Å². The molecule has 1 amide bonds. The van der Waals surface area contributed by atoms with Crippen LogP contribution in [0.5, 0.6) is 5.75 Å². The number of anilines is 1. The number of phenolic OH excluding ortho intramolecular Hbond substituents is 1. The Hall–Kier alpha value is -2.68. The molecule has 154 valence electrons. The number of amides is 1. The number of hydrogen-bond acceptors (Lipinski definition) is 5. The number of benzene rings is 2. The van der Waals surface area contributed by atoms with Crippen LogP contribution in [0.15, 0.2) is 59.5 Å². The summed E-state index contributed by atoms with van der Waals surface area (Å²) in [4.78, 5) is 14.6. The van der Waals surface area contributed by atoms with E-state index in [-0.39, 0.29) is 23.1 Å². The van der Waals surface area contributed by atoms with Crippen molar-refractivity contribution in [3.63, 3.8) is 0 Å². The van der Waals surface area contributed by atoms with Crippen LogP contribution in [-0.4, -0.2) is 62.4 Å². The van der Waals surface area contributed by atoms with E-state index < -0.39 is 10.0 Å². The summed E-state index contributed by atoms with van der Waals surface area (Å²) in [5.41, 5.74) is 2.73. The molecule has 2 aromatic carbocycles. The van der Waals surface area contributed by atoms with Gasteiger partial charge in [-0.1, -0.05) is 24.3 Å². The molecule has 3 rings (SSSR count). The highest BCUT2D eigenvalue weighted by Gasteiger charge is 2.19. The minimum atomic E-state index is -3.55. The lowest BCUT2D eigenvalue weighted by Gasteiger charge is -2.26. The summed E-state index contributed by atoms with van der Waals surface area (Å²) in [6.07, 6.45) is 2.90. The third-order valence-corrected chi connectivity index (χ3v) is 6.61. The minimum Gasteiger partial charge on any atom is -0.508 e. The second-order valence-electron chi connectivity index (χ2n) is 7.12. The zero-order valence-corrected chi connectivity index (χ0v) is 17.3. The van der Waals surface area contributed by atoms with E-state index >= 15 is 0 Å². The predicted molar refractivity (Wildman–Crippen MR) is 113 cm³/mol. The number of carbonyl (C=O) groups excluding carboxylic acids is 1. The number of phenols is 1. The van der Waals surface area contributed by atoms with Crippen molar-refractivity contribution in [3.05, 3.63) is 60.2 Å². The van der Waals surface area contributed by atoms with Gasteiger partial charge in [0.2, 0.25) is 15.9 Å². The van der Waals surface area contributed by atoms with E-state index in [1.54, 1.807) is 24.3 Å². The molecule has 0 spiro atoms. The Morgan fingerprint density at radius 3 is 2.52 bits per heavy atom. The number of nitrogens with zero attached hydrogens (tertiary/aromatic N) is 2. The highest BCUT2D eigenvalue weighted by Crippen LogP contribution is 2.24. The van der Waals surface area contributed by atoms with Gasteiger partial charge in [-0.3, -0.25) is 9.69 Å². The Bertz CT molecular complexity index is 1010. The van der Waals surface area contributed by atoms with Gasteiger partial charge in [0.25, 0.3) is 0 Å². The van der Waals surface area contributed by atoms with Gasteiger partial charge in [-0.25, -0.2) is 12.7 Å². The summed E-state index contributed by atoms with van der Waals surface area (Å²) < 4.78 is 25.6. The molecule has 29 heavy (non-hydrogen) atoms. The normalized spacial score (nSPS) is 15.2. The van der Waals surface area contributed by atoms with Crippen molar-refractivity contribution in [2.45, 2.75) is 11.3 Å². The molecule has 0 atom stereocenters. The fourth-order valence-electron chi connectivity index (χ4n) is 3.14. The molecule has 0 radical (unpaired) electrons. The van der Waals surface area contributed by atoms with Crippen molar-refractivity contribution in [2.24, 2.45) is 0 Å². The van der Waals surface area contributed by atoms with E-state index in [0.717, 1.165) is 22.8 Å². The van der Waals surface area contributed by atoms with Crippen LogP contribution in [0.3, 0.4) is 0 Å². The van der Waals surface area contributed by atoms with Gasteiger partial charge in [-0.15, -0.1) is 0 Å². The van der Waals surface area contributed by atoms with Crippen LogP contribution in [0, 0.1) is 0 Å². The fraction of sp³-hybridized carbons (Fsp3) is 0.286. The van der Waals surface area contributed by atoms with E-state index in [2.05, 4.69) is 11.4 Å². The summed E-state index contributed by atoms with van der Waals surface area (Å²) in [6.45, 7) is 1.62. The van der Waals surface area contributed by atoms with Crippen LogP contribution in [0.1, 0.15) is 12.0 Å². The highest BCUT2D eigenvalue weighted by molar-refractivity contribution is 7.89. The summed E-state index contributed by atoms with van der Waals surface area (Å²) in [5.74, 6) is 0.0526. The first-order valence-corrected chi connectivity index (χ1v) is 10.7. The fourth-order valence-corrected chi connectivity index (χ4v) is 4.09. The third-order valence-electron chi connectivity index (χ3n) is 4.79. The Morgan fingerprint density at radius 2 is 1.90 bits per heavy atom. The first-order valence-electron chi connectivity index (χ1n) is 9.29. The van der Waals surface area contributed by atoms with Gasteiger partial charge in [0, 0.05) is 32.9 Å². The zero-order valence-electron chi connectivity index (χ0n) is 16.5. The number of sulfonamides is 1. The quantitative estimate of drug-likeness (QED) is 0.756. The molecule has 1 heterocycles. The number of aromatic hydroxyl groups is 1. The number of nitrogens with one attached hydrogen (secondary N) is 1. The molecular formula is C21H25N3O4S. The lowest BCUT2D eigenvalue weighted by molar-refractivity contribution is -0.117. The Balaban J connectivity index is 1.59. The molecular weight excluding hydrogens is 390 g/mol. The van der Waals surface area contributed by atoms with Crippen LogP contribution in [-0.2, 0) is 14.8 Å². The third kappa shape index (κ3) is 5.23. The first-order chi connectivity index (χ1) is 13.8. The molecule has 0 fully saturated rings. The molecule has 0 bridgehead atoms. The standard InChI is InChI=1S/C21H25N3O4S/c1-23(2)29(27,28)20-5-3-4-18(14-20)22-21(26)15-24-12-10-17(11-13-24)16-6-8-19(25)9-7-16/h3-10,14,25H,11-13,15H2,1-2H3,(H,22,26). The molecule has 1 aliphatic rings. The summed E-state index contributed by atoms with van der Waals surface area (Å²) in [7, 11) is -0.611. The number of rotatable bonds is 6. The van der Waals surface area contributed by atoms with Gasteiger partial charge in [0.15, 0.2) is 0 Å². The molecule has 1 aliphatic heterocycles. The second kappa shape index (κ2) is 8.77. The van der Waals surface area contributed by atoms with Gasteiger partial charge in [0.05, 0.1) is 11.4 Å². The van der Waals surface area contributed by atoms with E-state index in [1.807, 2.05) is 17.0 Å². The van der Waals surface area contributed by atoms with Crippen molar-refractivity contribution < 1.29 is 18.3 Å². The molecule has 0 saturated heterocycles. The molecule has 2 N–H and O–H groups in total.